The molecule has 124 valence electrons. The van der Waals surface area contributed by atoms with E-state index in [1.54, 1.807) is 0 Å². The van der Waals surface area contributed by atoms with E-state index in [1.807, 2.05) is 12.1 Å². The molecule has 1 aliphatic rings. The average Bonchev–Trinajstić information content (AvgIpc) is 2.61. The molecular weight excluding hydrogens is 282 g/mol. The minimum absolute atomic E-state index is 0.663. The first-order chi connectivity index (χ1) is 11.3. The molecule has 0 radical (unpaired) electrons. The van der Waals surface area contributed by atoms with Crippen LogP contribution in [-0.2, 0) is 4.74 Å². The first-order valence-corrected chi connectivity index (χ1v) is 9.06. The van der Waals surface area contributed by atoms with Crippen molar-refractivity contribution in [3.8, 4) is 6.07 Å². The first kappa shape index (κ1) is 17.8. The van der Waals surface area contributed by atoms with Crippen molar-refractivity contribution in [3.63, 3.8) is 0 Å². The molecule has 2 nitrogen and oxygen atoms in total. The van der Waals surface area contributed by atoms with E-state index < -0.39 is 0 Å². The van der Waals surface area contributed by atoms with E-state index in [2.05, 4.69) is 37.3 Å². The van der Waals surface area contributed by atoms with Crippen LogP contribution in [0.5, 0.6) is 0 Å². The maximum absolute atomic E-state index is 8.87. The zero-order valence-electron chi connectivity index (χ0n) is 14.3. The van der Waals surface area contributed by atoms with Gasteiger partial charge in [0.15, 0.2) is 0 Å². The van der Waals surface area contributed by atoms with Gasteiger partial charge in [-0.05, 0) is 68.1 Å². The molecule has 23 heavy (non-hydrogen) atoms. The maximum Gasteiger partial charge on any atom is 0.0991 e. The van der Waals surface area contributed by atoms with Gasteiger partial charge in [0.1, 0.15) is 0 Å². The number of ether oxygens (including phenoxy) is 1. The van der Waals surface area contributed by atoms with E-state index in [-0.39, 0.29) is 0 Å². The van der Waals surface area contributed by atoms with Gasteiger partial charge in [-0.2, -0.15) is 5.26 Å². The number of hydrogen-bond donors (Lipinski definition) is 0. The summed E-state index contributed by atoms with van der Waals surface area (Å²) in [5.74, 6) is 1.39. The van der Waals surface area contributed by atoms with E-state index in [0.717, 1.165) is 31.1 Å². The van der Waals surface area contributed by atoms with Crippen molar-refractivity contribution < 1.29 is 4.74 Å². The highest BCUT2D eigenvalue weighted by Crippen LogP contribution is 2.35. The summed E-state index contributed by atoms with van der Waals surface area (Å²) < 4.78 is 5.84. The molecule has 2 heteroatoms. The molecule has 0 aliphatic heterocycles. The lowest BCUT2D eigenvalue weighted by atomic mass is 9.79. The monoisotopic (exact) mass is 311 g/mol. The molecular formula is C21H29NO. The quantitative estimate of drug-likeness (QED) is 0.463. The van der Waals surface area contributed by atoms with E-state index in [0.29, 0.717) is 5.92 Å². The van der Waals surface area contributed by atoms with Gasteiger partial charge in [-0.25, -0.2) is 0 Å². The number of allylic oxidation sites excluding steroid dienone is 1. The molecule has 0 N–H and O–H groups in total. The van der Waals surface area contributed by atoms with Crippen LogP contribution in [0.2, 0.25) is 0 Å². The lowest BCUT2D eigenvalue weighted by molar-refractivity contribution is 0.0858. The smallest absolute Gasteiger partial charge is 0.0991 e. The van der Waals surface area contributed by atoms with Crippen LogP contribution in [0.1, 0.15) is 68.9 Å². The molecule has 0 saturated heterocycles. The average molecular weight is 311 g/mol. The van der Waals surface area contributed by atoms with Gasteiger partial charge in [0.2, 0.25) is 0 Å². The number of rotatable bonds is 8. The van der Waals surface area contributed by atoms with Gasteiger partial charge in [0.25, 0.3) is 0 Å². The summed E-state index contributed by atoms with van der Waals surface area (Å²) in [6.45, 7) is 3.98. The fourth-order valence-corrected chi connectivity index (χ4v) is 3.30. The highest BCUT2D eigenvalue weighted by Gasteiger charge is 2.22. The number of nitrogens with zero attached hydrogens (tertiary/aromatic N) is 1. The summed E-state index contributed by atoms with van der Waals surface area (Å²) in [6, 6.07) is 10.3. The predicted molar refractivity (Wildman–Crippen MR) is 95.3 cm³/mol. The number of unbranched alkanes of at least 4 members (excludes halogenated alkanes) is 1. The molecule has 1 saturated carbocycles. The molecule has 2 rings (SSSR count). The zero-order chi connectivity index (χ0) is 16.3. The molecule has 1 aliphatic carbocycles. The van der Waals surface area contributed by atoms with E-state index in [1.165, 1.54) is 44.1 Å². The van der Waals surface area contributed by atoms with Gasteiger partial charge >= 0.3 is 0 Å². The predicted octanol–water partition coefficient (Wildman–Crippen LogP) is 5.60. The minimum atomic E-state index is 0.663. The molecule has 0 spiro atoms. The van der Waals surface area contributed by atoms with Gasteiger partial charge in [0, 0.05) is 6.61 Å². The Labute approximate surface area is 141 Å². The third-order valence-corrected chi connectivity index (χ3v) is 4.76. The van der Waals surface area contributed by atoms with Crippen molar-refractivity contribution in [2.45, 2.75) is 57.8 Å². The normalized spacial score (nSPS) is 21.4. The summed E-state index contributed by atoms with van der Waals surface area (Å²) in [5.41, 5.74) is 2.15. The maximum atomic E-state index is 8.87. The second-order valence-corrected chi connectivity index (χ2v) is 6.58. The van der Waals surface area contributed by atoms with Crippen molar-refractivity contribution in [2.24, 2.45) is 5.92 Å². The standard InChI is InChI=1S/C21H29NO/c1-2-3-4-5-6-15-23-17-19-9-13-21(14-10-19)20-11-7-18(16-22)8-12-20/h4-5,7-8,11-12,19,21H,2-3,6,9-10,13-15,17H2,1H3. The Balaban J connectivity index is 1.63. The highest BCUT2D eigenvalue weighted by atomic mass is 16.5. The molecule has 0 bridgehead atoms. The van der Waals surface area contributed by atoms with Crippen LogP contribution >= 0.6 is 0 Å². The molecule has 1 aromatic carbocycles. The van der Waals surface area contributed by atoms with Crippen LogP contribution < -0.4 is 0 Å². The van der Waals surface area contributed by atoms with Gasteiger partial charge in [0.05, 0.1) is 18.2 Å². The van der Waals surface area contributed by atoms with Crippen LogP contribution in [0.4, 0.5) is 0 Å². The lowest BCUT2D eigenvalue weighted by Gasteiger charge is -2.28. The summed E-state index contributed by atoms with van der Waals surface area (Å²) in [7, 11) is 0. The number of benzene rings is 1. The van der Waals surface area contributed by atoms with Crippen LogP contribution in [0.25, 0.3) is 0 Å². The Kier molecular flexibility index (Phi) is 7.90. The van der Waals surface area contributed by atoms with Crippen molar-refractivity contribution in [1.29, 1.82) is 5.26 Å². The van der Waals surface area contributed by atoms with Gasteiger partial charge in [-0.1, -0.05) is 37.6 Å². The van der Waals surface area contributed by atoms with E-state index in [9.17, 15) is 0 Å². The molecule has 1 aromatic rings. The molecule has 0 heterocycles. The Hall–Kier alpha value is -1.59. The fraction of sp³-hybridized carbons (Fsp3) is 0.571. The Morgan fingerprint density at radius 1 is 1.09 bits per heavy atom. The van der Waals surface area contributed by atoms with Gasteiger partial charge in [-0.15, -0.1) is 0 Å². The van der Waals surface area contributed by atoms with Crippen LogP contribution in [0.15, 0.2) is 36.4 Å². The first-order valence-electron chi connectivity index (χ1n) is 9.06. The van der Waals surface area contributed by atoms with Crippen LogP contribution in [0.3, 0.4) is 0 Å². The zero-order valence-corrected chi connectivity index (χ0v) is 14.3. The fourth-order valence-electron chi connectivity index (χ4n) is 3.30. The van der Waals surface area contributed by atoms with E-state index in [4.69, 9.17) is 10.00 Å². The molecule has 1 fully saturated rings. The second-order valence-electron chi connectivity index (χ2n) is 6.58. The summed E-state index contributed by atoms with van der Waals surface area (Å²) in [5, 5.41) is 8.87. The second kappa shape index (κ2) is 10.2. The number of nitriles is 1. The van der Waals surface area contributed by atoms with Crippen molar-refractivity contribution >= 4 is 0 Å². The molecule has 0 aromatic heterocycles. The summed E-state index contributed by atoms with van der Waals surface area (Å²) >= 11 is 0. The summed E-state index contributed by atoms with van der Waals surface area (Å²) in [4.78, 5) is 0. The Morgan fingerprint density at radius 2 is 1.78 bits per heavy atom. The number of hydrogen-bond acceptors (Lipinski definition) is 2. The Morgan fingerprint density at radius 3 is 2.43 bits per heavy atom. The third-order valence-electron chi connectivity index (χ3n) is 4.76. The Bertz CT molecular complexity index is 504. The molecule has 0 unspecified atom stereocenters. The van der Waals surface area contributed by atoms with Crippen molar-refractivity contribution in [3.05, 3.63) is 47.5 Å². The van der Waals surface area contributed by atoms with Crippen molar-refractivity contribution in [1.82, 2.24) is 0 Å². The minimum Gasteiger partial charge on any atom is -0.381 e. The van der Waals surface area contributed by atoms with Crippen LogP contribution in [-0.4, -0.2) is 13.2 Å². The van der Waals surface area contributed by atoms with Gasteiger partial charge < -0.3 is 4.74 Å². The topological polar surface area (TPSA) is 33.0 Å². The summed E-state index contributed by atoms with van der Waals surface area (Å²) in [6.07, 6.45) is 13.0. The molecule has 0 atom stereocenters. The highest BCUT2D eigenvalue weighted by molar-refractivity contribution is 5.33. The van der Waals surface area contributed by atoms with E-state index >= 15 is 0 Å². The third kappa shape index (κ3) is 6.20. The van der Waals surface area contributed by atoms with Gasteiger partial charge in [-0.3, -0.25) is 0 Å². The van der Waals surface area contributed by atoms with Crippen LogP contribution in [0, 0.1) is 17.2 Å². The van der Waals surface area contributed by atoms with Crippen molar-refractivity contribution in [2.75, 3.05) is 13.2 Å². The lowest BCUT2D eigenvalue weighted by Crippen LogP contribution is -2.18. The molecule has 0 amide bonds. The SMILES string of the molecule is CCCC=CCCOCC1CCC(c2ccc(C#N)cc2)CC1. The largest absolute Gasteiger partial charge is 0.381 e.